The van der Waals surface area contributed by atoms with Crippen LogP contribution in [0, 0.1) is 6.92 Å². The van der Waals surface area contributed by atoms with Crippen molar-refractivity contribution in [1.29, 1.82) is 0 Å². The third-order valence-electron chi connectivity index (χ3n) is 3.40. The average Bonchev–Trinajstić information content (AvgIpc) is 2.86. The lowest BCUT2D eigenvalue weighted by Crippen LogP contribution is -2.37. The van der Waals surface area contributed by atoms with Crippen molar-refractivity contribution in [3.05, 3.63) is 29.8 Å². The van der Waals surface area contributed by atoms with Gasteiger partial charge in [0.15, 0.2) is 0 Å². The van der Waals surface area contributed by atoms with E-state index >= 15 is 0 Å². The first-order valence-electron chi connectivity index (χ1n) is 6.31. The van der Waals surface area contributed by atoms with Gasteiger partial charge in [-0.1, -0.05) is 17.7 Å². The van der Waals surface area contributed by atoms with E-state index in [2.05, 4.69) is 0 Å². The van der Waals surface area contributed by atoms with E-state index in [1.807, 2.05) is 31.2 Å². The van der Waals surface area contributed by atoms with E-state index in [0.29, 0.717) is 6.54 Å². The van der Waals surface area contributed by atoms with E-state index in [0.717, 1.165) is 18.5 Å². The highest BCUT2D eigenvalue weighted by atomic mass is 16.5. The zero-order valence-electron chi connectivity index (χ0n) is 10.9. The number of amides is 1. The van der Waals surface area contributed by atoms with Crippen molar-refractivity contribution >= 4 is 11.6 Å². The van der Waals surface area contributed by atoms with Crippen LogP contribution < -0.4 is 10.6 Å². The van der Waals surface area contributed by atoms with Crippen LogP contribution in [0.1, 0.15) is 18.4 Å². The van der Waals surface area contributed by atoms with Crippen LogP contribution in [-0.2, 0) is 9.53 Å². The standard InChI is InChI=1S/C14H20N2O2/c1-10-3-5-11(6-4-10)16(2)14(17)13-8-7-12(9-15)18-13/h3-6,12-13H,7-9,15H2,1-2H3. The number of likely N-dealkylation sites (N-methyl/N-ethyl adjacent to an activating group) is 1. The van der Waals surface area contributed by atoms with Gasteiger partial charge in [-0.2, -0.15) is 0 Å². The van der Waals surface area contributed by atoms with Crippen LogP contribution in [0.3, 0.4) is 0 Å². The van der Waals surface area contributed by atoms with E-state index < -0.39 is 0 Å². The third-order valence-corrected chi connectivity index (χ3v) is 3.40. The van der Waals surface area contributed by atoms with Gasteiger partial charge in [0.1, 0.15) is 6.10 Å². The number of carbonyl (C=O) groups is 1. The number of benzene rings is 1. The Hall–Kier alpha value is -1.39. The molecule has 1 aromatic rings. The minimum absolute atomic E-state index is 0.00908. The Bertz CT molecular complexity index is 416. The van der Waals surface area contributed by atoms with Crippen LogP contribution >= 0.6 is 0 Å². The lowest BCUT2D eigenvalue weighted by Gasteiger charge is -2.21. The highest BCUT2D eigenvalue weighted by molar-refractivity contribution is 5.96. The first-order chi connectivity index (χ1) is 8.61. The topological polar surface area (TPSA) is 55.6 Å². The van der Waals surface area contributed by atoms with Crippen molar-refractivity contribution < 1.29 is 9.53 Å². The minimum atomic E-state index is -0.343. The number of nitrogens with zero attached hydrogens (tertiary/aromatic N) is 1. The molecule has 1 amide bonds. The summed E-state index contributed by atoms with van der Waals surface area (Å²) < 4.78 is 5.62. The molecule has 1 aliphatic heterocycles. The Morgan fingerprint density at radius 3 is 2.61 bits per heavy atom. The number of aryl methyl sites for hydroxylation is 1. The Morgan fingerprint density at radius 2 is 2.06 bits per heavy atom. The molecule has 18 heavy (non-hydrogen) atoms. The van der Waals surface area contributed by atoms with Crippen molar-refractivity contribution in [2.75, 3.05) is 18.5 Å². The summed E-state index contributed by atoms with van der Waals surface area (Å²) in [6.45, 7) is 2.51. The van der Waals surface area contributed by atoms with E-state index in [4.69, 9.17) is 10.5 Å². The molecular weight excluding hydrogens is 228 g/mol. The molecule has 2 atom stereocenters. The number of hydrogen-bond donors (Lipinski definition) is 1. The van der Waals surface area contributed by atoms with Crippen molar-refractivity contribution in [3.63, 3.8) is 0 Å². The zero-order valence-corrected chi connectivity index (χ0v) is 10.9. The minimum Gasteiger partial charge on any atom is -0.364 e. The van der Waals surface area contributed by atoms with Gasteiger partial charge in [-0.3, -0.25) is 4.79 Å². The predicted molar refractivity (Wildman–Crippen MR) is 71.5 cm³/mol. The fourth-order valence-electron chi connectivity index (χ4n) is 2.17. The van der Waals surface area contributed by atoms with Gasteiger partial charge in [0.05, 0.1) is 6.10 Å². The maximum atomic E-state index is 12.3. The number of rotatable bonds is 3. The van der Waals surface area contributed by atoms with Gasteiger partial charge in [0.25, 0.3) is 5.91 Å². The first kappa shape index (κ1) is 13.1. The highest BCUT2D eigenvalue weighted by Gasteiger charge is 2.32. The first-order valence-corrected chi connectivity index (χ1v) is 6.31. The molecule has 0 radical (unpaired) electrons. The Labute approximate surface area is 108 Å². The van der Waals surface area contributed by atoms with Crippen LogP contribution in [0.5, 0.6) is 0 Å². The molecule has 4 heteroatoms. The smallest absolute Gasteiger partial charge is 0.255 e. The molecule has 2 unspecified atom stereocenters. The second kappa shape index (κ2) is 5.50. The van der Waals surface area contributed by atoms with Crippen molar-refractivity contribution in [3.8, 4) is 0 Å². The summed E-state index contributed by atoms with van der Waals surface area (Å²) in [5, 5.41) is 0. The van der Waals surface area contributed by atoms with Crippen molar-refractivity contribution in [2.45, 2.75) is 32.0 Å². The van der Waals surface area contributed by atoms with E-state index in [9.17, 15) is 4.79 Å². The van der Waals surface area contributed by atoms with Gasteiger partial charge in [0, 0.05) is 19.3 Å². The van der Waals surface area contributed by atoms with Gasteiger partial charge in [0.2, 0.25) is 0 Å². The predicted octanol–water partition coefficient (Wildman–Crippen LogP) is 1.46. The second-order valence-electron chi connectivity index (χ2n) is 4.79. The molecule has 0 saturated carbocycles. The molecule has 1 heterocycles. The Balaban J connectivity index is 2.03. The van der Waals surface area contributed by atoms with E-state index in [1.54, 1.807) is 11.9 Å². The van der Waals surface area contributed by atoms with Gasteiger partial charge in [-0.25, -0.2) is 0 Å². The summed E-state index contributed by atoms with van der Waals surface area (Å²) in [7, 11) is 1.78. The lowest BCUT2D eigenvalue weighted by atomic mass is 10.1. The number of nitrogens with two attached hydrogens (primary N) is 1. The molecule has 1 aromatic carbocycles. The normalized spacial score (nSPS) is 23.1. The highest BCUT2D eigenvalue weighted by Crippen LogP contribution is 2.23. The summed E-state index contributed by atoms with van der Waals surface area (Å²) in [5.74, 6) is 0.00908. The molecule has 4 nitrogen and oxygen atoms in total. The Morgan fingerprint density at radius 1 is 1.39 bits per heavy atom. The molecule has 2 N–H and O–H groups in total. The SMILES string of the molecule is Cc1ccc(N(C)C(=O)C2CCC(CN)O2)cc1. The van der Waals surface area contributed by atoms with Crippen LogP contribution in [-0.4, -0.2) is 31.7 Å². The van der Waals surface area contributed by atoms with E-state index in [-0.39, 0.29) is 18.1 Å². The van der Waals surface area contributed by atoms with Gasteiger partial charge in [-0.05, 0) is 31.9 Å². The Kier molecular flexibility index (Phi) is 3.99. The molecule has 1 aliphatic rings. The largest absolute Gasteiger partial charge is 0.364 e. The quantitative estimate of drug-likeness (QED) is 0.881. The maximum absolute atomic E-state index is 12.3. The lowest BCUT2D eigenvalue weighted by molar-refractivity contribution is -0.128. The number of anilines is 1. The second-order valence-corrected chi connectivity index (χ2v) is 4.79. The molecule has 0 spiro atoms. The molecular formula is C14H20N2O2. The molecule has 1 saturated heterocycles. The van der Waals surface area contributed by atoms with Crippen LogP contribution in [0.25, 0.3) is 0 Å². The number of ether oxygens (including phenoxy) is 1. The van der Waals surface area contributed by atoms with E-state index in [1.165, 1.54) is 5.56 Å². The van der Waals surface area contributed by atoms with Crippen LogP contribution in [0.2, 0.25) is 0 Å². The van der Waals surface area contributed by atoms with Crippen molar-refractivity contribution in [1.82, 2.24) is 0 Å². The summed E-state index contributed by atoms with van der Waals surface area (Å²) in [5.41, 5.74) is 7.62. The fraction of sp³-hybridized carbons (Fsp3) is 0.500. The molecule has 0 bridgehead atoms. The molecule has 2 rings (SSSR count). The monoisotopic (exact) mass is 248 g/mol. The maximum Gasteiger partial charge on any atom is 0.255 e. The molecule has 0 aromatic heterocycles. The zero-order chi connectivity index (χ0) is 13.1. The summed E-state index contributed by atoms with van der Waals surface area (Å²) >= 11 is 0. The number of carbonyl (C=O) groups excluding carboxylic acids is 1. The summed E-state index contributed by atoms with van der Waals surface area (Å²) in [4.78, 5) is 13.9. The van der Waals surface area contributed by atoms with Gasteiger partial charge in [-0.15, -0.1) is 0 Å². The molecule has 1 fully saturated rings. The van der Waals surface area contributed by atoms with Gasteiger partial charge < -0.3 is 15.4 Å². The van der Waals surface area contributed by atoms with Crippen molar-refractivity contribution in [2.24, 2.45) is 5.73 Å². The van der Waals surface area contributed by atoms with Crippen LogP contribution in [0.15, 0.2) is 24.3 Å². The average molecular weight is 248 g/mol. The summed E-state index contributed by atoms with van der Waals surface area (Å²) in [6, 6.07) is 7.89. The molecule has 98 valence electrons. The number of hydrogen-bond acceptors (Lipinski definition) is 3. The molecule has 0 aliphatic carbocycles. The van der Waals surface area contributed by atoms with Crippen LogP contribution in [0.4, 0.5) is 5.69 Å². The third kappa shape index (κ3) is 2.71. The summed E-state index contributed by atoms with van der Waals surface area (Å²) in [6.07, 6.45) is 1.32. The fourth-order valence-corrected chi connectivity index (χ4v) is 2.17. The van der Waals surface area contributed by atoms with Gasteiger partial charge >= 0.3 is 0 Å².